The number of imidazole rings is 1. The molecular weight excluding hydrogens is 289 g/mol. The molecule has 0 bridgehead atoms. The van der Waals surface area contributed by atoms with Crippen molar-refractivity contribution in [2.75, 3.05) is 0 Å². The van der Waals surface area contributed by atoms with E-state index in [9.17, 15) is 0 Å². The number of nitrogens with zero attached hydrogens (tertiary/aromatic N) is 3. The SMILES string of the molecule is Cc1cnc2c(Br)cc3cnc(Cl)cc3n12. The van der Waals surface area contributed by atoms with Crippen molar-refractivity contribution in [3.63, 3.8) is 0 Å². The lowest BCUT2D eigenvalue weighted by Crippen LogP contribution is -1.92. The van der Waals surface area contributed by atoms with Crippen LogP contribution >= 0.6 is 27.5 Å². The lowest BCUT2D eigenvalue weighted by Gasteiger charge is -2.05. The van der Waals surface area contributed by atoms with Crippen molar-refractivity contribution >= 4 is 44.1 Å². The summed E-state index contributed by atoms with van der Waals surface area (Å²) in [6.45, 7) is 2.01. The third kappa shape index (κ3) is 1.33. The van der Waals surface area contributed by atoms with Crippen LogP contribution in [-0.2, 0) is 0 Å². The Hall–Kier alpha value is -1.13. The van der Waals surface area contributed by atoms with E-state index >= 15 is 0 Å². The Bertz CT molecular complexity index is 705. The smallest absolute Gasteiger partial charge is 0.151 e. The molecule has 0 fully saturated rings. The zero-order chi connectivity index (χ0) is 11.3. The van der Waals surface area contributed by atoms with E-state index in [1.165, 1.54) is 0 Å². The minimum Gasteiger partial charge on any atom is -0.296 e. The third-order valence-corrected chi connectivity index (χ3v) is 3.34. The second-order valence-electron chi connectivity index (χ2n) is 3.62. The molecule has 0 atom stereocenters. The normalized spacial score (nSPS) is 11.4. The van der Waals surface area contributed by atoms with Gasteiger partial charge in [-0.3, -0.25) is 4.40 Å². The van der Waals surface area contributed by atoms with E-state index in [1.54, 1.807) is 6.20 Å². The van der Waals surface area contributed by atoms with Gasteiger partial charge in [-0.25, -0.2) is 9.97 Å². The van der Waals surface area contributed by atoms with Crippen LogP contribution in [0.3, 0.4) is 0 Å². The van der Waals surface area contributed by atoms with E-state index in [0.717, 1.165) is 26.7 Å². The maximum atomic E-state index is 5.92. The van der Waals surface area contributed by atoms with E-state index in [2.05, 4.69) is 30.3 Å². The first kappa shape index (κ1) is 10.1. The average Bonchev–Trinajstić information content (AvgIpc) is 2.63. The zero-order valence-corrected chi connectivity index (χ0v) is 10.7. The summed E-state index contributed by atoms with van der Waals surface area (Å²) < 4.78 is 3.02. The number of hydrogen-bond acceptors (Lipinski definition) is 2. The molecule has 0 aliphatic rings. The molecule has 0 N–H and O–H groups in total. The Morgan fingerprint density at radius 3 is 2.88 bits per heavy atom. The van der Waals surface area contributed by atoms with Gasteiger partial charge in [0.05, 0.1) is 9.99 Å². The van der Waals surface area contributed by atoms with Crippen molar-refractivity contribution in [1.82, 2.24) is 14.4 Å². The van der Waals surface area contributed by atoms with Gasteiger partial charge in [0.25, 0.3) is 0 Å². The largest absolute Gasteiger partial charge is 0.296 e. The molecule has 3 rings (SSSR count). The Labute approximate surface area is 105 Å². The number of rotatable bonds is 0. The molecule has 0 radical (unpaired) electrons. The summed E-state index contributed by atoms with van der Waals surface area (Å²) >= 11 is 9.43. The fourth-order valence-corrected chi connectivity index (χ4v) is 2.52. The van der Waals surface area contributed by atoms with Crippen LogP contribution in [-0.4, -0.2) is 14.4 Å². The number of fused-ring (bicyclic) bond motifs is 3. The lowest BCUT2D eigenvalue weighted by molar-refractivity contribution is 1.15. The summed E-state index contributed by atoms with van der Waals surface area (Å²) in [5, 5.41) is 1.52. The molecule has 16 heavy (non-hydrogen) atoms. The molecule has 0 aliphatic heterocycles. The van der Waals surface area contributed by atoms with Gasteiger partial charge in [0.2, 0.25) is 0 Å². The maximum absolute atomic E-state index is 5.92. The van der Waals surface area contributed by atoms with Crippen LogP contribution in [0.5, 0.6) is 0 Å². The molecule has 0 saturated carbocycles. The van der Waals surface area contributed by atoms with Crippen LogP contribution in [0.1, 0.15) is 5.69 Å². The number of aromatic nitrogens is 3. The Balaban J connectivity index is 2.64. The molecule has 0 aromatic carbocycles. The topological polar surface area (TPSA) is 30.2 Å². The van der Waals surface area contributed by atoms with Crippen molar-refractivity contribution in [1.29, 1.82) is 0 Å². The minimum absolute atomic E-state index is 0.490. The first-order valence-corrected chi connectivity index (χ1v) is 5.92. The second-order valence-corrected chi connectivity index (χ2v) is 4.86. The standard InChI is InChI=1S/C11H7BrClN3/c1-6-4-15-11-8(12)2-7-5-14-10(13)3-9(7)16(6)11/h2-5H,1H3. The molecule has 3 aromatic heterocycles. The van der Waals surface area contributed by atoms with Crippen molar-refractivity contribution < 1.29 is 0 Å². The summed E-state index contributed by atoms with van der Waals surface area (Å²) in [4.78, 5) is 8.43. The third-order valence-electron chi connectivity index (χ3n) is 2.55. The van der Waals surface area contributed by atoms with Crippen molar-refractivity contribution in [2.45, 2.75) is 6.92 Å². The highest BCUT2D eigenvalue weighted by atomic mass is 79.9. The Morgan fingerprint density at radius 1 is 1.25 bits per heavy atom. The van der Waals surface area contributed by atoms with Crippen molar-refractivity contribution in [2.24, 2.45) is 0 Å². The monoisotopic (exact) mass is 295 g/mol. The van der Waals surface area contributed by atoms with Gasteiger partial charge in [-0.2, -0.15) is 0 Å². The molecule has 0 unspecified atom stereocenters. The zero-order valence-electron chi connectivity index (χ0n) is 8.41. The molecular formula is C11H7BrClN3. The van der Waals surface area contributed by atoms with E-state index in [-0.39, 0.29) is 0 Å². The Morgan fingerprint density at radius 2 is 2.06 bits per heavy atom. The van der Waals surface area contributed by atoms with Crippen LogP contribution in [0.25, 0.3) is 16.6 Å². The van der Waals surface area contributed by atoms with Crippen LogP contribution in [0.4, 0.5) is 0 Å². The fourth-order valence-electron chi connectivity index (χ4n) is 1.85. The van der Waals surface area contributed by atoms with E-state index < -0.39 is 0 Å². The summed E-state index contributed by atoms with van der Waals surface area (Å²) in [5.41, 5.74) is 2.99. The van der Waals surface area contributed by atoms with Crippen molar-refractivity contribution in [3.8, 4) is 0 Å². The number of halogens is 2. The maximum Gasteiger partial charge on any atom is 0.151 e. The quantitative estimate of drug-likeness (QED) is 0.593. The predicted octanol–water partition coefficient (Wildman–Crippen LogP) is 3.61. The van der Waals surface area contributed by atoms with Crippen LogP contribution in [0.2, 0.25) is 5.15 Å². The molecule has 0 amide bonds. The molecule has 3 aromatic rings. The first-order chi connectivity index (χ1) is 7.66. The number of hydrogen-bond donors (Lipinski definition) is 0. The lowest BCUT2D eigenvalue weighted by atomic mass is 10.2. The van der Waals surface area contributed by atoms with Gasteiger partial charge in [0.1, 0.15) is 5.15 Å². The predicted molar refractivity (Wildman–Crippen MR) is 67.9 cm³/mol. The minimum atomic E-state index is 0.490. The molecule has 0 aliphatic carbocycles. The van der Waals surface area contributed by atoms with E-state index in [4.69, 9.17) is 11.6 Å². The van der Waals surface area contributed by atoms with Gasteiger partial charge in [0, 0.05) is 29.5 Å². The number of aryl methyl sites for hydroxylation is 1. The molecule has 3 nitrogen and oxygen atoms in total. The van der Waals surface area contributed by atoms with Crippen LogP contribution in [0.15, 0.2) is 29.0 Å². The highest BCUT2D eigenvalue weighted by molar-refractivity contribution is 9.10. The van der Waals surface area contributed by atoms with E-state index in [0.29, 0.717) is 5.15 Å². The summed E-state index contributed by atoms with van der Waals surface area (Å²) in [5.74, 6) is 0. The Kier molecular flexibility index (Phi) is 2.16. The molecule has 3 heterocycles. The van der Waals surface area contributed by atoms with Gasteiger partial charge < -0.3 is 0 Å². The van der Waals surface area contributed by atoms with Gasteiger partial charge in [0.15, 0.2) is 5.65 Å². The average molecular weight is 297 g/mol. The van der Waals surface area contributed by atoms with Crippen LogP contribution < -0.4 is 0 Å². The summed E-state index contributed by atoms with van der Waals surface area (Å²) in [7, 11) is 0. The van der Waals surface area contributed by atoms with E-state index in [1.807, 2.05) is 25.3 Å². The second kappa shape index (κ2) is 3.43. The summed E-state index contributed by atoms with van der Waals surface area (Å²) in [6.07, 6.45) is 3.61. The molecule has 0 saturated heterocycles. The first-order valence-electron chi connectivity index (χ1n) is 4.74. The molecule has 80 valence electrons. The van der Waals surface area contributed by atoms with Gasteiger partial charge in [-0.05, 0) is 28.9 Å². The molecule has 5 heteroatoms. The van der Waals surface area contributed by atoms with Crippen molar-refractivity contribution in [3.05, 3.63) is 39.8 Å². The summed E-state index contributed by atoms with van der Waals surface area (Å²) in [6, 6.07) is 3.85. The number of pyridine rings is 2. The fraction of sp³-hybridized carbons (Fsp3) is 0.0909. The molecule has 0 spiro atoms. The highest BCUT2D eigenvalue weighted by Crippen LogP contribution is 2.26. The van der Waals surface area contributed by atoms with Gasteiger partial charge >= 0.3 is 0 Å². The van der Waals surface area contributed by atoms with Gasteiger partial charge in [-0.1, -0.05) is 11.6 Å². The van der Waals surface area contributed by atoms with Crippen LogP contribution in [0, 0.1) is 6.92 Å². The van der Waals surface area contributed by atoms with Gasteiger partial charge in [-0.15, -0.1) is 0 Å². The highest BCUT2D eigenvalue weighted by Gasteiger charge is 2.08.